The lowest BCUT2D eigenvalue weighted by Crippen LogP contribution is -2.35. The first-order valence-corrected chi connectivity index (χ1v) is 10.3. The zero-order chi connectivity index (χ0) is 20.8. The summed E-state index contributed by atoms with van der Waals surface area (Å²) >= 11 is 0. The van der Waals surface area contributed by atoms with Crippen LogP contribution in [-0.2, 0) is 0 Å². The average Bonchev–Trinajstić information content (AvgIpc) is 3.00. The number of para-hydroxylation sites is 2. The monoisotopic (exact) mass is 403 g/mol. The Hall–Kier alpha value is -3.26. The van der Waals surface area contributed by atoms with Gasteiger partial charge in [-0.15, -0.1) is 5.10 Å². The van der Waals surface area contributed by atoms with Crippen LogP contribution in [0.4, 0.5) is 5.69 Å². The predicted octanol–water partition coefficient (Wildman–Crippen LogP) is 2.27. The van der Waals surface area contributed by atoms with Crippen LogP contribution in [0.2, 0.25) is 0 Å². The van der Waals surface area contributed by atoms with Gasteiger partial charge in [-0.1, -0.05) is 12.1 Å². The number of pyridine rings is 1. The van der Waals surface area contributed by atoms with E-state index in [0.29, 0.717) is 23.4 Å². The van der Waals surface area contributed by atoms with Crippen LogP contribution < -0.4 is 4.90 Å². The maximum absolute atomic E-state index is 13.9. The summed E-state index contributed by atoms with van der Waals surface area (Å²) in [7, 11) is 6.02. The van der Waals surface area contributed by atoms with Gasteiger partial charge in [0.2, 0.25) is 0 Å². The van der Waals surface area contributed by atoms with Gasteiger partial charge in [-0.05, 0) is 38.2 Å². The number of imidazole rings is 1. The van der Waals surface area contributed by atoms with Gasteiger partial charge in [0.1, 0.15) is 5.56 Å². The Morgan fingerprint density at radius 1 is 1.03 bits per heavy atom. The molecule has 8 heteroatoms. The highest BCUT2D eigenvalue weighted by atomic mass is 16.2. The van der Waals surface area contributed by atoms with Crippen LogP contribution in [0.25, 0.3) is 27.7 Å². The molecule has 0 saturated carbocycles. The average molecular weight is 403 g/mol. The summed E-state index contributed by atoms with van der Waals surface area (Å²) < 4.78 is 1.97. The molecular formula is C22H25N7O. The van der Waals surface area contributed by atoms with Crippen molar-refractivity contribution in [3.8, 4) is 0 Å². The van der Waals surface area contributed by atoms with Gasteiger partial charge in [-0.3, -0.25) is 9.20 Å². The minimum atomic E-state index is 0.0213. The Morgan fingerprint density at radius 2 is 1.87 bits per heavy atom. The number of nitrogens with zero attached hydrogens (tertiary/aromatic N) is 7. The van der Waals surface area contributed by atoms with Gasteiger partial charge in [0, 0.05) is 39.1 Å². The fourth-order valence-corrected chi connectivity index (χ4v) is 4.39. The number of carbonyl (C=O) groups is 1. The number of rotatable bonds is 2. The molecule has 4 heterocycles. The zero-order valence-electron chi connectivity index (χ0n) is 17.5. The number of hydrogen-bond donors (Lipinski definition) is 0. The molecule has 8 nitrogen and oxygen atoms in total. The van der Waals surface area contributed by atoms with E-state index in [2.05, 4.69) is 22.1 Å². The number of benzene rings is 1. The van der Waals surface area contributed by atoms with E-state index < -0.39 is 0 Å². The third kappa shape index (κ3) is 2.87. The molecule has 5 rings (SSSR count). The van der Waals surface area contributed by atoms with Crippen LogP contribution >= 0.6 is 0 Å². The van der Waals surface area contributed by atoms with E-state index in [1.54, 1.807) is 6.20 Å². The largest absolute Gasteiger partial charge is 0.376 e. The lowest BCUT2D eigenvalue weighted by molar-refractivity contribution is 0.0765. The molecule has 1 fully saturated rings. The number of amides is 1. The van der Waals surface area contributed by atoms with Crippen molar-refractivity contribution in [2.24, 2.45) is 0 Å². The van der Waals surface area contributed by atoms with Gasteiger partial charge in [0.05, 0.1) is 22.9 Å². The number of anilines is 1. The van der Waals surface area contributed by atoms with Crippen molar-refractivity contribution in [3.05, 3.63) is 42.1 Å². The second kappa shape index (κ2) is 7.21. The first-order valence-electron chi connectivity index (χ1n) is 10.3. The lowest BCUT2D eigenvalue weighted by atomic mass is 10.1. The number of aromatic nitrogens is 4. The molecule has 0 unspecified atom stereocenters. The van der Waals surface area contributed by atoms with E-state index in [9.17, 15) is 4.79 Å². The molecule has 3 aromatic heterocycles. The quantitative estimate of drug-likeness (QED) is 0.511. The second-order valence-electron chi connectivity index (χ2n) is 8.10. The molecule has 4 aromatic rings. The molecule has 0 N–H and O–H groups in total. The third-order valence-corrected chi connectivity index (χ3v) is 5.86. The summed E-state index contributed by atoms with van der Waals surface area (Å²) in [6.07, 6.45) is 2.64. The maximum atomic E-state index is 13.9. The van der Waals surface area contributed by atoms with E-state index in [4.69, 9.17) is 4.98 Å². The van der Waals surface area contributed by atoms with Crippen LogP contribution in [-0.4, -0.2) is 82.6 Å². The molecule has 1 aliphatic heterocycles. The van der Waals surface area contributed by atoms with Crippen LogP contribution in [0.3, 0.4) is 0 Å². The summed E-state index contributed by atoms with van der Waals surface area (Å²) in [6, 6.07) is 9.84. The maximum Gasteiger partial charge on any atom is 0.259 e. The molecule has 30 heavy (non-hydrogen) atoms. The predicted molar refractivity (Wildman–Crippen MR) is 118 cm³/mol. The Morgan fingerprint density at radius 3 is 2.70 bits per heavy atom. The minimum Gasteiger partial charge on any atom is -0.376 e. The van der Waals surface area contributed by atoms with Crippen molar-refractivity contribution in [3.63, 3.8) is 0 Å². The van der Waals surface area contributed by atoms with E-state index in [-0.39, 0.29) is 5.91 Å². The SMILES string of the molecule is CN1CCCN(C(=O)c2c(N(C)C)c3ccnnc3n3c2nc2ccccc23)CC1. The molecule has 0 radical (unpaired) electrons. The van der Waals surface area contributed by atoms with Gasteiger partial charge < -0.3 is 14.7 Å². The van der Waals surface area contributed by atoms with Crippen molar-refractivity contribution in [1.29, 1.82) is 0 Å². The first kappa shape index (κ1) is 18.7. The normalized spacial score (nSPS) is 15.8. The molecule has 0 spiro atoms. The molecule has 1 aromatic carbocycles. The summed E-state index contributed by atoms with van der Waals surface area (Å²) in [5, 5.41) is 9.43. The van der Waals surface area contributed by atoms with E-state index in [1.807, 2.05) is 58.6 Å². The van der Waals surface area contributed by atoms with Crippen LogP contribution in [0.15, 0.2) is 36.5 Å². The minimum absolute atomic E-state index is 0.0213. The Labute approximate surface area is 174 Å². The summed E-state index contributed by atoms with van der Waals surface area (Å²) in [5.41, 5.74) is 4.57. The van der Waals surface area contributed by atoms with Crippen molar-refractivity contribution in [2.45, 2.75) is 6.42 Å². The van der Waals surface area contributed by atoms with Gasteiger partial charge in [0.15, 0.2) is 11.3 Å². The van der Waals surface area contributed by atoms with Crippen LogP contribution in [0, 0.1) is 0 Å². The van der Waals surface area contributed by atoms with Gasteiger partial charge in [-0.25, -0.2) is 4.98 Å². The number of likely N-dealkylation sites (N-methyl/N-ethyl adjacent to an activating group) is 1. The van der Waals surface area contributed by atoms with Crippen molar-refractivity contribution < 1.29 is 4.79 Å². The zero-order valence-corrected chi connectivity index (χ0v) is 17.5. The number of hydrogen-bond acceptors (Lipinski definition) is 6. The van der Waals surface area contributed by atoms with E-state index in [1.165, 1.54) is 0 Å². The highest BCUT2D eigenvalue weighted by Crippen LogP contribution is 2.35. The summed E-state index contributed by atoms with van der Waals surface area (Å²) in [6.45, 7) is 3.32. The molecule has 0 atom stereocenters. The summed E-state index contributed by atoms with van der Waals surface area (Å²) in [4.78, 5) is 25.0. The fourth-order valence-electron chi connectivity index (χ4n) is 4.39. The van der Waals surface area contributed by atoms with Crippen LogP contribution in [0.5, 0.6) is 0 Å². The van der Waals surface area contributed by atoms with Gasteiger partial charge >= 0.3 is 0 Å². The Balaban J connectivity index is 1.85. The van der Waals surface area contributed by atoms with Crippen LogP contribution in [0.1, 0.15) is 16.8 Å². The molecular weight excluding hydrogens is 378 g/mol. The standard InChI is InChI=1S/C22H25N7O/c1-26(2)19-15-9-10-23-25-20(15)29-17-8-5-4-7-16(17)24-21(29)18(19)22(30)28-12-6-11-27(3)13-14-28/h4-5,7-10H,6,11-14H2,1-3H3. The highest BCUT2D eigenvalue weighted by molar-refractivity contribution is 6.13. The summed E-state index contributed by atoms with van der Waals surface area (Å²) in [5.74, 6) is 0.0213. The van der Waals surface area contributed by atoms with Gasteiger partial charge in [-0.2, -0.15) is 5.10 Å². The molecule has 1 saturated heterocycles. The lowest BCUT2D eigenvalue weighted by Gasteiger charge is -2.25. The second-order valence-corrected chi connectivity index (χ2v) is 8.10. The molecule has 0 aliphatic carbocycles. The van der Waals surface area contributed by atoms with Crippen molar-refractivity contribution in [2.75, 3.05) is 52.2 Å². The first-order chi connectivity index (χ1) is 14.6. The Kier molecular flexibility index (Phi) is 4.51. The number of fused-ring (bicyclic) bond motifs is 5. The van der Waals surface area contributed by atoms with Gasteiger partial charge in [0.25, 0.3) is 5.91 Å². The van der Waals surface area contributed by atoms with Crippen molar-refractivity contribution >= 4 is 39.3 Å². The highest BCUT2D eigenvalue weighted by Gasteiger charge is 2.29. The smallest absolute Gasteiger partial charge is 0.259 e. The molecule has 1 amide bonds. The van der Waals surface area contributed by atoms with E-state index >= 15 is 0 Å². The van der Waals surface area contributed by atoms with Crippen molar-refractivity contribution in [1.82, 2.24) is 29.4 Å². The number of carbonyl (C=O) groups excluding carboxylic acids is 1. The third-order valence-electron chi connectivity index (χ3n) is 5.86. The molecule has 0 bridgehead atoms. The molecule has 154 valence electrons. The topological polar surface area (TPSA) is 69.9 Å². The molecule has 1 aliphatic rings. The fraction of sp³-hybridized carbons (Fsp3) is 0.364. The Bertz CT molecular complexity index is 1260. The van der Waals surface area contributed by atoms with E-state index in [0.717, 1.165) is 48.2 Å².